The molecule has 4 nitrogen and oxygen atoms in total. The summed E-state index contributed by atoms with van der Waals surface area (Å²) in [5, 5.41) is 3.40. The average molecular weight is 214 g/mol. The molecule has 1 amide bonds. The van der Waals surface area contributed by atoms with Gasteiger partial charge in [0.15, 0.2) is 0 Å². The Kier molecular flexibility index (Phi) is 4.88. The number of ether oxygens (including phenoxy) is 1. The van der Waals surface area contributed by atoms with Crippen LogP contribution < -0.4 is 11.1 Å². The molecule has 0 spiro atoms. The Bertz CT molecular complexity index is 199. The van der Waals surface area contributed by atoms with E-state index in [1.807, 2.05) is 0 Å². The molecule has 0 bridgehead atoms. The first-order valence-electron chi connectivity index (χ1n) is 5.73. The van der Waals surface area contributed by atoms with Crippen molar-refractivity contribution in [2.45, 2.75) is 39.2 Å². The van der Waals surface area contributed by atoms with Crippen LogP contribution in [-0.2, 0) is 4.74 Å². The zero-order chi connectivity index (χ0) is 11.3. The molecule has 0 heterocycles. The fourth-order valence-electron chi connectivity index (χ4n) is 2.53. The van der Waals surface area contributed by atoms with Gasteiger partial charge in [0.05, 0.1) is 0 Å². The molecule has 0 saturated heterocycles. The predicted octanol–water partition coefficient (Wildman–Crippen LogP) is 1.50. The lowest BCUT2D eigenvalue weighted by Crippen LogP contribution is -2.38. The Labute approximate surface area is 91.5 Å². The van der Waals surface area contributed by atoms with Crippen LogP contribution in [0, 0.1) is 11.8 Å². The summed E-state index contributed by atoms with van der Waals surface area (Å²) >= 11 is 0. The van der Waals surface area contributed by atoms with Gasteiger partial charge in [-0.3, -0.25) is 0 Å². The predicted molar refractivity (Wildman–Crippen MR) is 59.5 cm³/mol. The number of carbonyl (C=O) groups excluding carboxylic acids is 1. The summed E-state index contributed by atoms with van der Waals surface area (Å²) in [4.78, 5) is 10.3. The third-order valence-electron chi connectivity index (χ3n) is 2.96. The molecule has 1 aliphatic rings. The summed E-state index contributed by atoms with van der Waals surface area (Å²) in [6, 6.07) is 0.570. The second kappa shape index (κ2) is 5.95. The van der Waals surface area contributed by atoms with E-state index in [1.54, 1.807) is 0 Å². The first kappa shape index (κ1) is 12.3. The SMILES string of the molecule is CC1CC(C)CC(NCCOC(N)=O)C1. The van der Waals surface area contributed by atoms with Gasteiger partial charge in [-0.25, -0.2) is 4.79 Å². The highest BCUT2D eigenvalue weighted by Crippen LogP contribution is 2.28. The minimum Gasteiger partial charge on any atom is -0.448 e. The van der Waals surface area contributed by atoms with E-state index in [1.165, 1.54) is 19.3 Å². The standard InChI is InChI=1S/C11H22N2O2/c1-8-5-9(2)7-10(6-8)13-3-4-15-11(12)14/h8-10,13H,3-7H2,1-2H3,(H2,12,14). The summed E-state index contributed by atoms with van der Waals surface area (Å²) in [6.45, 7) is 5.66. The summed E-state index contributed by atoms with van der Waals surface area (Å²) in [6.07, 6.45) is 3.08. The fraction of sp³-hybridized carbons (Fsp3) is 0.909. The van der Waals surface area contributed by atoms with Crippen molar-refractivity contribution in [1.29, 1.82) is 0 Å². The first-order chi connectivity index (χ1) is 7.08. The van der Waals surface area contributed by atoms with Gasteiger partial charge < -0.3 is 15.8 Å². The monoisotopic (exact) mass is 214 g/mol. The third-order valence-corrected chi connectivity index (χ3v) is 2.96. The largest absolute Gasteiger partial charge is 0.448 e. The van der Waals surface area contributed by atoms with Crippen molar-refractivity contribution in [2.75, 3.05) is 13.2 Å². The quantitative estimate of drug-likeness (QED) is 0.697. The number of rotatable bonds is 4. The van der Waals surface area contributed by atoms with Gasteiger partial charge in [-0.15, -0.1) is 0 Å². The van der Waals surface area contributed by atoms with Crippen LogP contribution in [0.25, 0.3) is 0 Å². The van der Waals surface area contributed by atoms with E-state index in [9.17, 15) is 4.79 Å². The molecule has 2 atom stereocenters. The Morgan fingerprint density at radius 2 is 1.93 bits per heavy atom. The summed E-state index contributed by atoms with van der Waals surface area (Å²) < 4.78 is 4.66. The van der Waals surface area contributed by atoms with Gasteiger partial charge in [-0.1, -0.05) is 13.8 Å². The van der Waals surface area contributed by atoms with Crippen LogP contribution in [0.1, 0.15) is 33.1 Å². The minimum atomic E-state index is -0.692. The molecular formula is C11H22N2O2. The van der Waals surface area contributed by atoms with Crippen LogP contribution in [0.3, 0.4) is 0 Å². The van der Waals surface area contributed by atoms with Crippen LogP contribution in [0.4, 0.5) is 4.79 Å². The van der Waals surface area contributed by atoms with Gasteiger partial charge >= 0.3 is 6.09 Å². The zero-order valence-electron chi connectivity index (χ0n) is 9.66. The van der Waals surface area contributed by atoms with Gasteiger partial charge in [0.1, 0.15) is 6.61 Å². The van der Waals surface area contributed by atoms with E-state index in [0.29, 0.717) is 19.2 Å². The second-order valence-corrected chi connectivity index (χ2v) is 4.74. The van der Waals surface area contributed by atoms with Crippen molar-refractivity contribution >= 4 is 6.09 Å². The number of primary amides is 1. The number of carbonyl (C=O) groups is 1. The molecule has 0 aromatic rings. The Hall–Kier alpha value is -0.770. The molecule has 1 saturated carbocycles. The lowest BCUT2D eigenvalue weighted by Gasteiger charge is -2.32. The molecule has 1 rings (SSSR count). The van der Waals surface area contributed by atoms with E-state index >= 15 is 0 Å². The molecule has 1 aliphatic carbocycles. The van der Waals surface area contributed by atoms with E-state index in [-0.39, 0.29) is 0 Å². The smallest absolute Gasteiger partial charge is 0.404 e. The summed E-state index contributed by atoms with van der Waals surface area (Å²) in [5.41, 5.74) is 4.87. The summed E-state index contributed by atoms with van der Waals surface area (Å²) in [7, 11) is 0. The van der Waals surface area contributed by atoms with Crippen molar-refractivity contribution in [2.24, 2.45) is 17.6 Å². The molecule has 88 valence electrons. The summed E-state index contributed by atoms with van der Waals surface area (Å²) in [5.74, 6) is 1.59. The van der Waals surface area contributed by atoms with Crippen molar-refractivity contribution in [1.82, 2.24) is 5.32 Å². The topological polar surface area (TPSA) is 64.3 Å². The molecule has 0 radical (unpaired) electrons. The van der Waals surface area contributed by atoms with Crippen molar-refractivity contribution in [3.05, 3.63) is 0 Å². The molecule has 1 fully saturated rings. The van der Waals surface area contributed by atoms with Gasteiger partial charge in [0, 0.05) is 12.6 Å². The Balaban J connectivity index is 2.12. The lowest BCUT2D eigenvalue weighted by atomic mass is 9.80. The third kappa shape index (κ3) is 5.02. The van der Waals surface area contributed by atoms with Gasteiger partial charge in [-0.05, 0) is 31.1 Å². The van der Waals surface area contributed by atoms with Gasteiger partial charge in [0.2, 0.25) is 0 Å². The number of amides is 1. The van der Waals surface area contributed by atoms with E-state index in [0.717, 1.165) is 11.8 Å². The van der Waals surface area contributed by atoms with Crippen molar-refractivity contribution in [3.8, 4) is 0 Å². The van der Waals surface area contributed by atoms with E-state index in [4.69, 9.17) is 5.73 Å². The molecule has 3 N–H and O–H groups in total. The normalized spacial score (nSPS) is 31.2. The number of hydrogen-bond donors (Lipinski definition) is 2. The molecule has 0 aromatic carbocycles. The second-order valence-electron chi connectivity index (χ2n) is 4.74. The molecular weight excluding hydrogens is 192 g/mol. The number of hydrogen-bond acceptors (Lipinski definition) is 3. The maximum absolute atomic E-state index is 10.3. The van der Waals surface area contributed by atoms with Crippen molar-refractivity contribution in [3.63, 3.8) is 0 Å². The lowest BCUT2D eigenvalue weighted by molar-refractivity contribution is 0.152. The van der Waals surface area contributed by atoms with E-state index in [2.05, 4.69) is 23.9 Å². The molecule has 15 heavy (non-hydrogen) atoms. The molecule has 2 unspecified atom stereocenters. The van der Waals surface area contributed by atoms with E-state index < -0.39 is 6.09 Å². The molecule has 0 aromatic heterocycles. The fourth-order valence-corrected chi connectivity index (χ4v) is 2.53. The molecule has 4 heteroatoms. The van der Waals surface area contributed by atoms with Crippen LogP contribution in [-0.4, -0.2) is 25.3 Å². The van der Waals surface area contributed by atoms with Gasteiger partial charge in [-0.2, -0.15) is 0 Å². The van der Waals surface area contributed by atoms with Gasteiger partial charge in [0.25, 0.3) is 0 Å². The number of nitrogens with one attached hydrogen (secondary N) is 1. The zero-order valence-corrected chi connectivity index (χ0v) is 9.66. The van der Waals surface area contributed by atoms with Crippen LogP contribution in [0.15, 0.2) is 0 Å². The average Bonchev–Trinajstić information content (AvgIpc) is 2.10. The highest BCUT2D eigenvalue weighted by Gasteiger charge is 2.23. The minimum absolute atomic E-state index is 0.370. The Morgan fingerprint density at radius 1 is 1.33 bits per heavy atom. The first-order valence-corrected chi connectivity index (χ1v) is 5.73. The highest BCUT2D eigenvalue weighted by molar-refractivity contribution is 5.64. The number of nitrogens with two attached hydrogens (primary N) is 1. The van der Waals surface area contributed by atoms with Crippen LogP contribution >= 0.6 is 0 Å². The maximum Gasteiger partial charge on any atom is 0.404 e. The van der Waals surface area contributed by atoms with Crippen molar-refractivity contribution < 1.29 is 9.53 Å². The molecule has 0 aliphatic heterocycles. The Morgan fingerprint density at radius 3 is 2.47 bits per heavy atom. The van der Waals surface area contributed by atoms with Crippen LogP contribution in [0.2, 0.25) is 0 Å². The maximum atomic E-state index is 10.3. The van der Waals surface area contributed by atoms with Crippen LogP contribution in [0.5, 0.6) is 0 Å². The highest BCUT2D eigenvalue weighted by atomic mass is 16.5.